The summed E-state index contributed by atoms with van der Waals surface area (Å²) >= 11 is 0. The van der Waals surface area contributed by atoms with Crippen molar-refractivity contribution >= 4 is 5.97 Å². The van der Waals surface area contributed by atoms with Crippen molar-refractivity contribution in [3.05, 3.63) is 53.3 Å². The number of ether oxygens (including phenoxy) is 2. The van der Waals surface area contributed by atoms with Gasteiger partial charge in [0.05, 0.1) is 12.2 Å². The van der Waals surface area contributed by atoms with Crippen LogP contribution in [0.25, 0.3) is 11.1 Å². The Morgan fingerprint density at radius 2 is 1.75 bits per heavy atom. The van der Waals surface area contributed by atoms with Crippen LogP contribution in [0.15, 0.2) is 30.3 Å². The highest BCUT2D eigenvalue weighted by molar-refractivity contribution is 5.90. The van der Waals surface area contributed by atoms with Gasteiger partial charge in [0.15, 0.2) is 17.7 Å². The lowest BCUT2D eigenvalue weighted by molar-refractivity contribution is 0.0320. The van der Waals surface area contributed by atoms with Gasteiger partial charge < -0.3 is 9.47 Å². The minimum atomic E-state index is -1.16. The van der Waals surface area contributed by atoms with E-state index in [1.807, 2.05) is 6.07 Å². The summed E-state index contributed by atoms with van der Waals surface area (Å²) in [5.74, 6) is -4.72. The second-order valence-corrected chi connectivity index (χ2v) is 7.90. The first kappa shape index (κ1) is 25.3. The Labute approximate surface area is 187 Å². The Morgan fingerprint density at radius 3 is 2.38 bits per heavy atom. The number of halogens is 3. The molecular weight excluding hydrogens is 419 g/mol. The highest BCUT2D eigenvalue weighted by Crippen LogP contribution is 2.31. The summed E-state index contributed by atoms with van der Waals surface area (Å²) in [6, 6.07) is 7.80. The van der Waals surface area contributed by atoms with Crippen LogP contribution in [-0.4, -0.2) is 18.7 Å². The molecule has 0 amide bonds. The lowest BCUT2D eigenvalue weighted by Crippen LogP contribution is -2.22. The molecule has 0 heterocycles. The summed E-state index contributed by atoms with van der Waals surface area (Å²) in [7, 11) is 0. The summed E-state index contributed by atoms with van der Waals surface area (Å²) in [4.78, 5) is 12.2. The Balaban J connectivity index is 2.13. The van der Waals surface area contributed by atoms with Crippen LogP contribution in [0.2, 0.25) is 0 Å². The van der Waals surface area contributed by atoms with Crippen LogP contribution in [-0.2, 0) is 4.74 Å². The van der Waals surface area contributed by atoms with Crippen molar-refractivity contribution in [2.75, 3.05) is 6.61 Å². The summed E-state index contributed by atoms with van der Waals surface area (Å²) < 4.78 is 53.9. The molecule has 1 atom stereocenters. The number of carbonyl (C=O) groups is 1. The van der Waals surface area contributed by atoms with Gasteiger partial charge in [-0.1, -0.05) is 52.5 Å². The molecule has 0 aliphatic carbocycles. The quantitative estimate of drug-likeness (QED) is 0.280. The van der Waals surface area contributed by atoms with Crippen LogP contribution in [0.4, 0.5) is 13.2 Å². The fraction of sp³-hybridized carbons (Fsp3) is 0.440. The molecule has 0 saturated heterocycles. The molecule has 0 N–H and O–H groups in total. The number of benzene rings is 2. The van der Waals surface area contributed by atoms with Gasteiger partial charge in [0.25, 0.3) is 0 Å². The number of carbonyl (C=O) groups excluding carboxylic acids is 1. The van der Waals surface area contributed by atoms with Crippen molar-refractivity contribution in [3.63, 3.8) is 0 Å². The average molecular weight is 447 g/mol. The van der Waals surface area contributed by atoms with E-state index in [-0.39, 0.29) is 29.4 Å². The van der Waals surface area contributed by atoms with E-state index in [1.165, 1.54) is 18.2 Å². The summed E-state index contributed by atoms with van der Waals surface area (Å²) in [5, 5.41) is 9.03. The zero-order chi connectivity index (χ0) is 23.7. The molecule has 2 aromatic rings. The topological polar surface area (TPSA) is 59.3 Å². The first-order valence-electron chi connectivity index (χ1n) is 10.8. The number of nitrogens with zero attached hydrogens (tertiary/aromatic N) is 1. The van der Waals surface area contributed by atoms with E-state index in [2.05, 4.69) is 6.92 Å². The summed E-state index contributed by atoms with van der Waals surface area (Å²) in [6.45, 7) is 5.78. The van der Waals surface area contributed by atoms with Crippen LogP contribution >= 0.6 is 0 Å². The summed E-state index contributed by atoms with van der Waals surface area (Å²) in [5.41, 5.74) is -0.491. The predicted molar refractivity (Wildman–Crippen MR) is 116 cm³/mol. The van der Waals surface area contributed by atoms with E-state index in [0.29, 0.717) is 0 Å². The van der Waals surface area contributed by atoms with E-state index in [1.54, 1.807) is 13.8 Å². The van der Waals surface area contributed by atoms with E-state index >= 15 is 0 Å². The van der Waals surface area contributed by atoms with Gasteiger partial charge in [0.1, 0.15) is 11.9 Å². The number of unbranched alkanes of at least 4 members (excludes halogenated alkanes) is 4. The van der Waals surface area contributed by atoms with Crippen LogP contribution in [0.3, 0.4) is 0 Å². The molecule has 0 spiro atoms. The third-order valence-electron chi connectivity index (χ3n) is 5.02. The van der Waals surface area contributed by atoms with Gasteiger partial charge in [-0.2, -0.15) is 9.65 Å². The Bertz CT molecular complexity index is 970. The second kappa shape index (κ2) is 12.1. The van der Waals surface area contributed by atoms with E-state index in [4.69, 9.17) is 14.7 Å². The molecule has 0 aliphatic rings. The average Bonchev–Trinajstić information content (AvgIpc) is 2.76. The van der Waals surface area contributed by atoms with Gasteiger partial charge in [-0.15, -0.1) is 0 Å². The minimum absolute atomic E-state index is 0.0576. The molecule has 1 unspecified atom stereocenters. The number of esters is 1. The first-order valence-corrected chi connectivity index (χ1v) is 10.8. The molecule has 2 aromatic carbocycles. The third-order valence-corrected chi connectivity index (χ3v) is 5.02. The Hall–Kier alpha value is -3.01. The molecule has 32 heavy (non-hydrogen) atoms. The standard InChI is InChI=1S/C25H28F3NO3/c1-4-5-6-7-8-13-31-21-12-11-18(23(27)24(21)28)17-9-10-19(20(26)14-17)25(30)32-22(15-29)16(2)3/h9-12,14,16,22H,4-8,13H2,1-3H3. The van der Waals surface area contributed by atoms with E-state index in [0.717, 1.165) is 44.2 Å². The van der Waals surface area contributed by atoms with Gasteiger partial charge in [-0.25, -0.2) is 13.6 Å². The van der Waals surface area contributed by atoms with Crippen molar-refractivity contribution in [2.24, 2.45) is 5.92 Å². The number of hydrogen-bond donors (Lipinski definition) is 0. The maximum absolute atomic E-state index is 14.6. The maximum Gasteiger partial charge on any atom is 0.342 e. The predicted octanol–water partition coefficient (Wildman–Crippen LogP) is 6.83. The van der Waals surface area contributed by atoms with E-state index < -0.39 is 35.1 Å². The normalized spacial score (nSPS) is 11.8. The molecule has 0 saturated carbocycles. The van der Waals surface area contributed by atoms with Gasteiger partial charge in [-0.3, -0.25) is 0 Å². The van der Waals surface area contributed by atoms with Gasteiger partial charge >= 0.3 is 5.97 Å². The van der Waals surface area contributed by atoms with Gasteiger partial charge in [0.2, 0.25) is 5.82 Å². The fourth-order valence-electron chi connectivity index (χ4n) is 3.09. The highest BCUT2D eigenvalue weighted by Gasteiger charge is 2.22. The number of rotatable bonds is 11. The zero-order valence-corrected chi connectivity index (χ0v) is 18.6. The van der Waals surface area contributed by atoms with Crippen molar-refractivity contribution in [3.8, 4) is 22.9 Å². The molecule has 0 radical (unpaired) electrons. The smallest absolute Gasteiger partial charge is 0.342 e. The van der Waals surface area contributed by atoms with Crippen LogP contribution < -0.4 is 4.74 Å². The molecule has 0 aliphatic heterocycles. The van der Waals surface area contributed by atoms with Gasteiger partial charge in [0, 0.05) is 11.5 Å². The second-order valence-electron chi connectivity index (χ2n) is 7.90. The monoisotopic (exact) mass is 447 g/mol. The molecule has 4 nitrogen and oxygen atoms in total. The van der Waals surface area contributed by atoms with E-state index in [9.17, 15) is 18.0 Å². The maximum atomic E-state index is 14.6. The molecule has 7 heteroatoms. The van der Waals surface area contributed by atoms with Crippen molar-refractivity contribution in [1.29, 1.82) is 5.26 Å². The molecular formula is C25H28F3NO3. The highest BCUT2D eigenvalue weighted by atomic mass is 19.2. The molecule has 0 bridgehead atoms. The van der Waals surface area contributed by atoms with Crippen LogP contribution in [0, 0.1) is 34.7 Å². The third kappa shape index (κ3) is 6.49. The minimum Gasteiger partial charge on any atom is -0.490 e. The van der Waals surface area contributed by atoms with Crippen LogP contribution in [0.5, 0.6) is 5.75 Å². The lowest BCUT2D eigenvalue weighted by atomic mass is 10.0. The van der Waals surface area contributed by atoms with Gasteiger partial charge in [-0.05, 0) is 36.2 Å². The Kier molecular flexibility index (Phi) is 9.58. The SMILES string of the molecule is CCCCCCCOc1ccc(-c2ccc(C(=O)OC(C#N)C(C)C)c(F)c2)c(F)c1F. The molecule has 0 aromatic heterocycles. The van der Waals surface area contributed by atoms with Crippen molar-refractivity contribution < 1.29 is 27.4 Å². The fourth-order valence-corrected chi connectivity index (χ4v) is 3.09. The zero-order valence-electron chi connectivity index (χ0n) is 18.6. The molecule has 2 rings (SSSR count). The van der Waals surface area contributed by atoms with Crippen molar-refractivity contribution in [1.82, 2.24) is 0 Å². The largest absolute Gasteiger partial charge is 0.490 e. The molecule has 172 valence electrons. The molecule has 0 fully saturated rings. The number of nitriles is 1. The van der Waals surface area contributed by atoms with Crippen LogP contribution in [0.1, 0.15) is 63.2 Å². The van der Waals surface area contributed by atoms with Crippen molar-refractivity contribution in [2.45, 2.75) is 59.0 Å². The first-order chi connectivity index (χ1) is 15.3. The lowest BCUT2D eigenvalue weighted by Gasteiger charge is -2.15. The Morgan fingerprint density at radius 1 is 1.03 bits per heavy atom. The number of hydrogen-bond acceptors (Lipinski definition) is 4. The summed E-state index contributed by atoms with van der Waals surface area (Å²) in [6.07, 6.45) is 3.99.